The van der Waals surface area contributed by atoms with Crippen molar-refractivity contribution in [1.29, 1.82) is 0 Å². The smallest absolute Gasteiger partial charge is 0.338 e. The van der Waals surface area contributed by atoms with Gasteiger partial charge in [0.15, 0.2) is 6.61 Å². The number of benzene rings is 1. The van der Waals surface area contributed by atoms with Crippen molar-refractivity contribution in [2.45, 2.75) is 19.8 Å². The van der Waals surface area contributed by atoms with E-state index in [2.05, 4.69) is 6.92 Å². The molecule has 0 aliphatic carbocycles. The average Bonchev–Trinajstić information content (AvgIpc) is 2.45. The minimum atomic E-state index is -0.552. The van der Waals surface area contributed by atoms with Crippen LogP contribution in [0.15, 0.2) is 24.3 Å². The van der Waals surface area contributed by atoms with E-state index in [1.54, 1.807) is 4.90 Å². The second-order valence-electron chi connectivity index (χ2n) is 5.21. The molecule has 1 saturated heterocycles. The maximum Gasteiger partial charge on any atom is 0.338 e. The molecule has 1 aromatic carbocycles. The van der Waals surface area contributed by atoms with E-state index in [4.69, 9.17) is 9.84 Å². The van der Waals surface area contributed by atoms with Crippen molar-refractivity contribution in [1.82, 2.24) is 4.90 Å². The fraction of sp³-hybridized carbons (Fsp3) is 0.467. The second kappa shape index (κ2) is 6.41. The van der Waals surface area contributed by atoms with Gasteiger partial charge >= 0.3 is 5.97 Å². The van der Waals surface area contributed by atoms with Crippen molar-refractivity contribution in [3.63, 3.8) is 0 Å². The lowest BCUT2D eigenvalue weighted by molar-refractivity contribution is -0.136. The highest BCUT2D eigenvalue weighted by atomic mass is 16.5. The number of nitrogens with zero attached hydrogens (tertiary/aromatic N) is 1. The quantitative estimate of drug-likeness (QED) is 0.856. The lowest BCUT2D eigenvalue weighted by atomic mass is 10.0. The Morgan fingerprint density at radius 3 is 2.70 bits per heavy atom. The van der Waals surface area contributed by atoms with E-state index in [1.807, 2.05) is 0 Å². The Labute approximate surface area is 118 Å². The summed E-state index contributed by atoms with van der Waals surface area (Å²) in [5, 5.41) is 9.14. The normalized spacial score (nSPS) is 18.6. The van der Waals surface area contributed by atoms with Crippen molar-refractivity contribution in [3.8, 4) is 5.75 Å². The zero-order chi connectivity index (χ0) is 14.5. The lowest BCUT2D eigenvalue weighted by Crippen LogP contribution is -2.41. The molecule has 0 unspecified atom stereocenters. The molecule has 1 heterocycles. The van der Waals surface area contributed by atoms with Crippen LogP contribution in [0.3, 0.4) is 0 Å². The molecule has 1 N–H and O–H groups in total. The van der Waals surface area contributed by atoms with E-state index in [0.29, 0.717) is 11.5 Å². The maximum absolute atomic E-state index is 11.9. The first-order valence-corrected chi connectivity index (χ1v) is 6.80. The number of carbonyl (C=O) groups excluding carboxylic acids is 2. The number of ether oxygens (including phenoxy) is 1. The summed E-state index contributed by atoms with van der Waals surface area (Å²) in [7, 11) is 0. The van der Waals surface area contributed by atoms with E-state index >= 15 is 0 Å². The molecule has 0 aromatic heterocycles. The number of amides is 1. The summed E-state index contributed by atoms with van der Waals surface area (Å²) in [6.07, 6.45) is 2.13. The molecule has 0 radical (unpaired) electrons. The predicted molar refractivity (Wildman–Crippen MR) is 73.4 cm³/mol. The summed E-state index contributed by atoms with van der Waals surface area (Å²) < 4.78 is 5.01. The molecule has 1 fully saturated rings. The Bertz CT molecular complexity index is 483. The van der Waals surface area contributed by atoms with E-state index in [9.17, 15) is 9.59 Å². The van der Waals surface area contributed by atoms with Gasteiger partial charge in [-0.1, -0.05) is 6.92 Å². The third kappa shape index (κ3) is 3.73. The van der Waals surface area contributed by atoms with Gasteiger partial charge in [0, 0.05) is 13.1 Å². The third-order valence-electron chi connectivity index (χ3n) is 3.44. The molecular weight excluding hydrogens is 258 g/mol. The van der Waals surface area contributed by atoms with Crippen LogP contribution in [0.25, 0.3) is 0 Å². The molecule has 0 spiro atoms. The summed E-state index contributed by atoms with van der Waals surface area (Å²) in [4.78, 5) is 25.4. The average molecular weight is 277 g/mol. The van der Waals surface area contributed by atoms with Gasteiger partial charge < -0.3 is 14.7 Å². The zero-order valence-corrected chi connectivity index (χ0v) is 11.5. The van der Waals surface area contributed by atoms with Crippen LogP contribution in [0, 0.1) is 5.92 Å². The van der Waals surface area contributed by atoms with Gasteiger partial charge in [0.25, 0.3) is 5.91 Å². The van der Waals surface area contributed by atoms with Crippen LogP contribution in [0.2, 0.25) is 0 Å². The van der Waals surface area contributed by atoms with Gasteiger partial charge in [-0.3, -0.25) is 4.79 Å². The first kappa shape index (κ1) is 14.4. The molecule has 5 nitrogen and oxygen atoms in total. The standard InChI is InChI=1S/C15H19NO4/c1-11-3-2-8-16(9-11)14(18)10-20-15(19)12-4-6-13(17)7-5-12/h4-7,11,17H,2-3,8-10H2,1H3/t11-/m1/s1. The van der Waals surface area contributed by atoms with E-state index in [0.717, 1.165) is 25.9 Å². The summed E-state index contributed by atoms with van der Waals surface area (Å²) in [5.74, 6) is -0.118. The first-order chi connectivity index (χ1) is 9.56. The molecule has 1 aromatic rings. The highest BCUT2D eigenvalue weighted by Crippen LogP contribution is 2.15. The van der Waals surface area contributed by atoms with E-state index < -0.39 is 5.97 Å². The van der Waals surface area contributed by atoms with E-state index in [-0.39, 0.29) is 18.3 Å². The number of aromatic hydroxyl groups is 1. The molecule has 2 rings (SSSR count). The highest BCUT2D eigenvalue weighted by molar-refractivity contribution is 5.91. The van der Waals surface area contributed by atoms with Crippen LogP contribution in [-0.4, -0.2) is 41.6 Å². The van der Waals surface area contributed by atoms with Crippen LogP contribution in [0.1, 0.15) is 30.1 Å². The Morgan fingerprint density at radius 1 is 1.35 bits per heavy atom. The number of phenols is 1. The van der Waals surface area contributed by atoms with Crippen molar-refractivity contribution < 1.29 is 19.4 Å². The monoisotopic (exact) mass is 277 g/mol. The molecule has 1 aliphatic rings. The van der Waals surface area contributed by atoms with Gasteiger partial charge in [-0.25, -0.2) is 4.79 Å². The van der Waals surface area contributed by atoms with Crippen LogP contribution >= 0.6 is 0 Å². The van der Waals surface area contributed by atoms with Gasteiger partial charge in [-0.15, -0.1) is 0 Å². The lowest BCUT2D eigenvalue weighted by Gasteiger charge is -2.30. The fourth-order valence-corrected chi connectivity index (χ4v) is 2.32. The molecule has 1 amide bonds. The Balaban J connectivity index is 1.83. The number of carbonyl (C=O) groups is 2. The number of esters is 1. The van der Waals surface area contributed by atoms with Gasteiger partial charge in [0.05, 0.1) is 5.56 Å². The molecular formula is C15H19NO4. The van der Waals surface area contributed by atoms with Gasteiger partial charge in [0.1, 0.15) is 5.75 Å². The zero-order valence-electron chi connectivity index (χ0n) is 11.5. The highest BCUT2D eigenvalue weighted by Gasteiger charge is 2.21. The number of phenolic OH excluding ortho intramolecular Hbond substituents is 1. The number of likely N-dealkylation sites (tertiary alicyclic amines) is 1. The van der Waals surface area contributed by atoms with Gasteiger partial charge in [-0.05, 0) is 43.0 Å². The molecule has 108 valence electrons. The summed E-state index contributed by atoms with van der Waals surface area (Å²) in [5.41, 5.74) is 0.322. The molecule has 1 aliphatic heterocycles. The minimum absolute atomic E-state index is 0.0833. The first-order valence-electron chi connectivity index (χ1n) is 6.80. The van der Waals surface area contributed by atoms with Crippen LogP contribution < -0.4 is 0 Å². The molecule has 1 atom stereocenters. The largest absolute Gasteiger partial charge is 0.508 e. The minimum Gasteiger partial charge on any atom is -0.508 e. The SMILES string of the molecule is C[C@@H]1CCCN(C(=O)COC(=O)c2ccc(O)cc2)C1. The topological polar surface area (TPSA) is 66.8 Å². The number of rotatable bonds is 3. The van der Waals surface area contributed by atoms with Crippen molar-refractivity contribution in [3.05, 3.63) is 29.8 Å². The van der Waals surface area contributed by atoms with Crippen molar-refractivity contribution >= 4 is 11.9 Å². The molecule has 20 heavy (non-hydrogen) atoms. The second-order valence-corrected chi connectivity index (χ2v) is 5.21. The summed E-state index contributed by atoms with van der Waals surface area (Å²) in [6.45, 7) is 3.35. The third-order valence-corrected chi connectivity index (χ3v) is 3.44. The fourth-order valence-electron chi connectivity index (χ4n) is 2.32. The Morgan fingerprint density at radius 2 is 2.05 bits per heavy atom. The predicted octanol–water partition coefficient (Wildman–Crippen LogP) is 1.81. The Hall–Kier alpha value is -2.04. The number of hydrogen-bond donors (Lipinski definition) is 1. The Kier molecular flexibility index (Phi) is 4.61. The summed E-state index contributed by atoms with van der Waals surface area (Å²) >= 11 is 0. The molecule has 5 heteroatoms. The van der Waals surface area contributed by atoms with E-state index in [1.165, 1.54) is 24.3 Å². The molecule has 0 saturated carbocycles. The van der Waals surface area contributed by atoms with Gasteiger partial charge in [-0.2, -0.15) is 0 Å². The van der Waals surface area contributed by atoms with Crippen molar-refractivity contribution in [2.75, 3.05) is 19.7 Å². The molecule has 0 bridgehead atoms. The van der Waals surface area contributed by atoms with Crippen molar-refractivity contribution in [2.24, 2.45) is 5.92 Å². The van der Waals surface area contributed by atoms with Crippen LogP contribution in [0.4, 0.5) is 0 Å². The number of piperidine rings is 1. The van der Waals surface area contributed by atoms with Gasteiger partial charge in [0.2, 0.25) is 0 Å². The maximum atomic E-state index is 11.9. The van der Waals surface area contributed by atoms with Crippen LogP contribution in [0.5, 0.6) is 5.75 Å². The number of hydrogen-bond acceptors (Lipinski definition) is 4. The van der Waals surface area contributed by atoms with Crippen LogP contribution in [-0.2, 0) is 9.53 Å². The summed E-state index contributed by atoms with van der Waals surface area (Å²) in [6, 6.07) is 5.74.